The lowest BCUT2D eigenvalue weighted by Crippen LogP contribution is -2.19. The summed E-state index contributed by atoms with van der Waals surface area (Å²) >= 11 is 2.28. The molecule has 1 aliphatic heterocycles. The number of nitrogens with zero attached hydrogens (tertiary/aromatic N) is 3. The van der Waals surface area contributed by atoms with E-state index in [1.165, 1.54) is 24.0 Å². The molecule has 1 aromatic rings. The molecule has 1 amide bonds. The Morgan fingerprint density at radius 2 is 2.35 bits per heavy atom. The molecule has 1 aliphatic rings. The van der Waals surface area contributed by atoms with Gasteiger partial charge in [0, 0.05) is 6.07 Å². The minimum absolute atomic E-state index is 0.0580. The van der Waals surface area contributed by atoms with Gasteiger partial charge >= 0.3 is 5.00 Å². The molecule has 1 N–H and O–H groups in total. The summed E-state index contributed by atoms with van der Waals surface area (Å²) in [6.07, 6.45) is 1.41. The summed E-state index contributed by atoms with van der Waals surface area (Å²) in [5.74, 6) is 0.245. The van der Waals surface area contributed by atoms with E-state index in [0.29, 0.717) is 15.8 Å². The molecule has 0 aromatic carbocycles. The maximum absolute atomic E-state index is 10.8. The van der Waals surface area contributed by atoms with E-state index in [0.717, 1.165) is 11.3 Å². The molecule has 0 atom stereocenters. The van der Waals surface area contributed by atoms with Gasteiger partial charge in [0.05, 0.1) is 21.8 Å². The van der Waals surface area contributed by atoms with Crippen LogP contribution in [0.15, 0.2) is 22.3 Å². The van der Waals surface area contributed by atoms with Crippen molar-refractivity contribution >= 4 is 45.4 Å². The van der Waals surface area contributed by atoms with E-state index in [-0.39, 0.29) is 10.9 Å². The molecule has 2 rings (SSSR count). The summed E-state index contributed by atoms with van der Waals surface area (Å²) in [7, 11) is 0. The highest BCUT2D eigenvalue weighted by Gasteiger charge is 2.16. The maximum atomic E-state index is 10.8. The molecule has 0 unspecified atom stereocenters. The Balaban J connectivity index is 2.00. The van der Waals surface area contributed by atoms with Crippen LogP contribution in [0, 0.1) is 10.1 Å². The second kappa shape index (κ2) is 5.06. The highest BCUT2D eigenvalue weighted by molar-refractivity contribution is 8.15. The first-order valence-corrected chi connectivity index (χ1v) is 6.23. The molecule has 0 radical (unpaired) electrons. The summed E-state index contributed by atoms with van der Waals surface area (Å²) in [6.45, 7) is 0. The number of hydrogen-bond donors (Lipinski definition) is 1. The van der Waals surface area contributed by atoms with Gasteiger partial charge in [0.1, 0.15) is 0 Å². The van der Waals surface area contributed by atoms with Crippen molar-refractivity contribution in [3.8, 4) is 0 Å². The number of rotatable bonds is 3. The molecular weight excluding hydrogens is 264 g/mol. The number of hydrogen-bond acceptors (Lipinski definition) is 7. The summed E-state index contributed by atoms with van der Waals surface area (Å²) in [5, 5.41) is 21.0. The molecule has 0 spiro atoms. The maximum Gasteiger partial charge on any atom is 0.324 e. The molecule has 0 bridgehead atoms. The molecule has 17 heavy (non-hydrogen) atoms. The first-order valence-electron chi connectivity index (χ1n) is 4.43. The second-order valence-electron chi connectivity index (χ2n) is 2.92. The van der Waals surface area contributed by atoms with Crippen LogP contribution >= 0.6 is 23.1 Å². The van der Waals surface area contributed by atoms with Crippen molar-refractivity contribution in [1.29, 1.82) is 0 Å². The quantitative estimate of drug-likeness (QED) is 0.507. The normalized spacial score (nSPS) is 17.9. The lowest BCUT2D eigenvalue weighted by atomic mass is 10.5. The zero-order valence-corrected chi connectivity index (χ0v) is 9.96. The minimum atomic E-state index is -0.457. The van der Waals surface area contributed by atoms with Crippen molar-refractivity contribution in [2.75, 3.05) is 5.75 Å². The fraction of sp³-hybridized carbons (Fsp3) is 0.125. The van der Waals surface area contributed by atoms with Crippen LogP contribution in [0.4, 0.5) is 5.00 Å². The van der Waals surface area contributed by atoms with Gasteiger partial charge in [-0.1, -0.05) is 23.1 Å². The predicted molar refractivity (Wildman–Crippen MR) is 66.6 cm³/mol. The highest BCUT2D eigenvalue weighted by Crippen LogP contribution is 2.22. The lowest BCUT2D eigenvalue weighted by Gasteiger charge is -1.88. The van der Waals surface area contributed by atoms with Gasteiger partial charge in [-0.3, -0.25) is 14.9 Å². The van der Waals surface area contributed by atoms with Crippen LogP contribution in [0.2, 0.25) is 0 Å². The van der Waals surface area contributed by atoms with Crippen molar-refractivity contribution in [2.24, 2.45) is 10.2 Å². The number of nitro groups is 1. The fourth-order valence-corrected chi connectivity index (χ4v) is 2.35. The van der Waals surface area contributed by atoms with Crippen molar-refractivity contribution in [1.82, 2.24) is 5.32 Å². The second-order valence-corrected chi connectivity index (χ2v) is 4.98. The standard InChI is InChI=1S/C8H6N4O3S2/c13-6-4-16-8(10-6)11-9-3-5-1-2-7(17-5)12(14)15/h1-3H,4H2,(H,10,11,13)/b9-3+. The third-order valence-corrected chi connectivity index (χ3v) is 3.55. The van der Waals surface area contributed by atoms with Gasteiger partial charge in [-0.2, -0.15) is 5.10 Å². The average Bonchev–Trinajstić information content (AvgIpc) is 2.88. The van der Waals surface area contributed by atoms with Gasteiger partial charge in [0.15, 0.2) is 5.17 Å². The Morgan fingerprint density at radius 1 is 1.53 bits per heavy atom. The van der Waals surface area contributed by atoms with Crippen molar-refractivity contribution in [3.63, 3.8) is 0 Å². The third-order valence-electron chi connectivity index (χ3n) is 1.71. The summed E-state index contributed by atoms with van der Waals surface area (Å²) in [5.41, 5.74) is 0. The number of thioether (sulfide) groups is 1. The van der Waals surface area contributed by atoms with E-state index >= 15 is 0 Å². The van der Waals surface area contributed by atoms with E-state index < -0.39 is 4.92 Å². The smallest absolute Gasteiger partial charge is 0.303 e. The van der Waals surface area contributed by atoms with Crippen molar-refractivity contribution in [2.45, 2.75) is 0 Å². The predicted octanol–water partition coefficient (Wildman–Crippen LogP) is 1.21. The average molecular weight is 270 g/mol. The third kappa shape index (κ3) is 3.11. The van der Waals surface area contributed by atoms with Crippen LogP contribution in [0.1, 0.15) is 4.88 Å². The summed E-state index contributed by atoms with van der Waals surface area (Å²) in [4.78, 5) is 21.4. The molecule has 2 heterocycles. The Hall–Kier alpha value is -1.74. The molecule has 1 fully saturated rings. The fourth-order valence-electron chi connectivity index (χ4n) is 1.03. The molecule has 1 saturated heterocycles. The minimum Gasteiger partial charge on any atom is -0.303 e. The number of amides is 1. The SMILES string of the molecule is O=C1CS/C(=N\N=C\c2ccc([N+](=O)[O-])s2)N1. The van der Waals surface area contributed by atoms with Gasteiger partial charge < -0.3 is 5.32 Å². The van der Waals surface area contributed by atoms with E-state index in [1.807, 2.05) is 0 Å². The Morgan fingerprint density at radius 3 is 2.94 bits per heavy atom. The van der Waals surface area contributed by atoms with Gasteiger partial charge in [-0.15, -0.1) is 5.10 Å². The molecule has 88 valence electrons. The first-order chi connectivity index (χ1) is 8.15. The Bertz CT molecular complexity index is 523. The topological polar surface area (TPSA) is 97.0 Å². The van der Waals surface area contributed by atoms with E-state index in [2.05, 4.69) is 15.5 Å². The summed E-state index contributed by atoms with van der Waals surface area (Å²) < 4.78 is 0. The van der Waals surface area contributed by atoms with Crippen LogP contribution in [0.5, 0.6) is 0 Å². The Kier molecular flexibility index (Phi) is 3.49. The molecule has 1 aromatic heterocycles. The molecule has 7 nitrogen and oxygen atoms in total. The van der Waals surface area contributed by atoms with Gasteiger partial charge in [0.2, 0.25) is 5.91 Å². The number of carbonyl (C=O) groups is 1. The van der Waals surface area contributed by atoms with E-state index in [1.54, 1.807) is 6.07 Å². The molecule has 0 aliphatic carbocycles. The largest absolute Gasteiger partial charge is 0.324 e. The van der Waals surface area contributed by atoms with Crippen LogP contribution in [0.25, 0.3) is 0 Å². The van der Waals surface area contributed by atoms with Gasteiger partial charge in [-0.25, -0.2) is 0 Å². The number of thiophene rings is 1. The number of nitrogens with one attached hydrogen (secondary N) is 1. The monoisotopic (exact) mass is 270 g/mol. The summed E-state index contributed by atoms with van der Waals surface area (Å²) in [6, 6.07) is 3.00. The zero-order valence-electron chi connectivity index (χ0n) is 8.32. The molecule has 0 saturated carbocycles. The van der Waals surface area contributed by atoms with Crippen LogP contribution in [-0.2, 0) is 4.79 Å². The highest BCUT2D eigenvalue weighted by atomic mass is 32.2. The lowest BCUT2D eigenvalue weighted by molar-refractivity contribution is -0.380. The number of amidine groups is 1. The van der Waals surface area contributed by atoms with Crippen molar-refractivity contribution in [3.05, 3.63) is 27.1 Å². The Labute approximate surface area is 104 Å². The van der Waals surface area contributed by atoms with Crippen LogP contribution < -0.4 is 5.32 Å². The van der Waals surface area contributed by atoms with E-state index in [4.69, 9.17) is 0 Å². The van der Waals surface area contributed by atoms with Gasteiger partial charge in [-0.05, 0) is 6.07 Å². The number of carbonyl (C=O) groups excluding carboxylic acids is 1. The van der Waals surface area contributed by atoms with Crippen molar-refractivity contribution < 1.29 is 9.72 Å². The zero-order chi connectivity index (χ0) is 12.3. The van der Waals surface area contributed by atoms with E-state index in [9.17, 15) is 14.9 Å². The molecular formula is C8H6N4O3S2. The van der Waals surface area contributed by atoms with Gasteiger partial charge in [0.25, 0.3) is 0 Å². The first kappa shape index (κ1) is 11.7. The van der Waals surface area contributed by atoms with Crippen LogP contribution in [0.3, 0.4) is 0 Å². The van der Waals surface area contributed by atoms with Crippen LogP contribution in [-0.4, -0.2) is 28.0 Å². The molecule has 9 heteroatoms.